The number of aromatic nitrogens is 1. The van der Waals surface area contributed by atoms with Crippen molar-refractivity contribution >= 4 is 33.0 Å². The Morgan fingerprint density at radius 1 is 0.917 bits per heavy atom. The summed E-state index contributed by atoms with van der Waals surface area (Å²) < 4.78 is 0. The number of nitrogens with zero attached hydrogens (tertiary/aromatic N) is 2. The van der Waals surface area contributed by atoms with Crippen molar-refractivity contribution in [2.24, 2.45) is 5.10 Å². The highest BCUT2D eigenvalue weighted by molar-refractivity contribution is 7.14. The summed E-state index contributed by atoms with van der Waals surface area (Å²) in [4.78, 5) is 4.70. The highest BCUT2D eigenvalue weighted by Crippen LogP contribution is 2.28. The standard InChI is InChI=1S/C20H21N3S/c1-2-4-10-18(9-3-1)22-23-20-21-19(14-24-20)17-12-11-15-7-5-6-8-16(15)13-17/h5-8,11-14H,1-4,9-10H2,(H,21,23). The second-order valence-corrected chi connectivity index (χ2v) is 7.16. The number of hydrogen-bond acceptors (Lipinski definition) is 4. The third-order valence-electron chi connectivity index (χ3n) is 4.54. The van der Waals surface area contributed by atoms with Gasteiger partial charge in [0.05, 0.1) is 5.69 Å². The zero-order valence-electron chi connectivity index (χ0n) is 13.7. The Bertz CT molecular complexity index is 856. The van der Waals surface area contributed by atoms with Gasteiger partial charge in [0.1, 0.15) is 0 Å². The van der Waals surface area contributed by atoms with E-state index in [1.165, 1.54) is 42.2 Å². The van der Waals surface area contributed by atoms with Gasteiger partial charge in [-0.1, -0.05) is 49.2 Å². The van der Waals surface area contributed by atoms with Crippen LogP contribution in [0.1, 0.15) is 38.5 Å². The number of hydrogen-bond donors (Lipinski definition) is 1. The molecule has 0 radical (unpaired) electrons. The van der Waals surface area contributed by atoms with Crippen molar-refractivity contribution < 1.29 is 0 Å². The van der Waals surface area contributed by atoms with Crippen LogP contribution in [0, 0.1) is 0 Å². The third kappa shape index (κ3) is 3.49. The molecule has 0 saturated heterocycles. The van der Waals surface area contributed by atoms with Gasteiger partial charge < -0.3 is 0 Å². The number of nitrogens with one attached hydrogen (secondary N) is 1. The molecule has 3 aromatic rings. The number of fused-ring (bicyclic) bond motifs is 1. The Kier molecular flexibility index (Phi) is 4.56. The summed E-state index contributed by atoms with van der Waals surface area (Å²) in [6.07, 6.45) is 7.44. The predicted molar refractivity (Wildman–Crippen MR) is 104 cm³/mol. The normalized spacial score (nSPS) is 15.2. The summed E-state index contributed by atoms with van der Waals surface area (Å²) in [5, 5.41) is 10.1. The molecule has 1 saturated carbocycles. The van der Waals surface area contributed by atoms with Gasteiger partial charge in [0.25, 0.3) is 0 Å². The van der Waals surface area contributed by atoms with Gasteiger partial charge in [0.15, 0.2) is 0 Å². The lowest BCUT2D eigenvalue weighted by Gasteiger charge is -2.02. The molecule has 3 nitrogen and oxygen atoms in total. The van der Waals surface area contributed by atoms with E-state index < -0.39 is 0 Å². The molecule has 0 atom stereocenters. The summed E-state index contributed by atoms with van der Waals surface area (Å²) in [5.74, 6) is 0. The predicted octanol–water partition coefficient (Wildman–Crippen LogP) is 6.09. The lowest BCUT2D eigenvalue weighted by molar-refractivity contribution is 0.702. The smallest absolute Gasteiger partial charge is 0.203 e. The van der Waals surface area contributed by atoms with Crippen molar-refractivity contribution in [2.75, 3.05) is 5.43 Å². The molecule has 24 heavy (non-hydrogen) atoms. The minimum absolute atomic E-state index is 0.870. The van der Waals surface area contributed by atoms with E-state index >= 15 is 0 Å². The van der Waals surface area contributed by atoms with Crippen molar-refractivity contribution in [1.29, 1.82) is 0 Å². The first-order valence-corrected chi connectivity index (χ1v) is 9.53. The number of benzene rings is 2. The van der Waals surface area contributed by atoms with Crippen LogP contribution < -0.4 is 5.43 Å². The summed E-state index contributed by atoms with van der Waals surface area (Å²) >= 11 is 1.61. The van der Waals surface area contributed by atoms with E-state index in [1.807, 2.05) is 0 Å². The molecule has 0 bridgehead atoms. The largest absolute Gasteiger partial charge is 0.253 e. The zero-order valence-corrected chi connectivity index (χ0v) is 14.5. The first-order valence-electron chi connectivity index (χ1n) is 8.65. The number of anilines is 1. The molecule has 0 amide bonds. The first kappa shape index (κ1) is 15.3. The van der Waals surface area contributed by atoms with E-state index in [2.05, 4.69) is 58.4 Å². The number of thiazole rings is 1. The van der Waals surface area contributed by atoms with Gasteiger partial charge in [-0.3, -0.25) is 5.43 Å². The maximum absolute atomic E-state index is 4.70. The third-order valence-corrected chi connectivity index (χ3v) is 5.29. The molecular weight excluding hydrogens is 314 g/mol. The van der Waals surface area contributed by atoms with E-state index in [9.17, 15) is 0 Å². The molecule has 122 valence electrons. The fourth-order valence-electron chi connectivity index (χ4n) is 3.18. The second kappa shape index (κ2) is 7.14. The topological polar surface area (TPSA) is 37.3 Å². The van der Waals surface area contributed by atoms with Crippen molar-refractivity contribution in [1.82, 2.24) is 4.98 Å². The second-order valence-electron chi connectivity index (χ2n) is 6.30. The van der Waals surface area contributed by atoms with Crippen molar-refractivity contribution in [2.45, 2.75) is 38.5 Å². The highest BCUT2D eigenvalue weighted by atomic mass is 32.1. The van der Waals surface area contributed by atoms with Crippen molar-refractivity contribution in [3.8, 4) is 11.3 Å². The Balaban J connectivity index is 1.52. The van der Waals surface area contributed by atoms with Crippen LogP contribution in [0.25, 0.3) is 22.0 Å². The molecule has 0 aliphatic heterocycles. The van der Waals surface area contributed by atoms with Crippen LogP contribution in [0.3, 0.4) is 0 Å². The Hall–Kier alpha value is -2.20. The summed E-state index contributed by atoms with van der Waals surface area (Å²) in [7, 11) is 0. The molecule has 1 fully saturated rings. The van der Waals surface area contributed by atoms with Crippen LogP contribution in [-0.4, -0.2) is 10.7 Å². The van der Waals surface area contributed by atoms with Gasteiger partial charge in [0, 0.05) is 16.7 Å². The van der Waals surface area contributed by atoms with Gasteiger partial charge in [-0.2, -0.15) is 5.10 Å². The fourth-order valence-corrected chi connectivity index (χ4v) is 3.84. The summed E-state index contributed by atoms with van der Waals surface area (Å²) in [5.41, 5.74) is 6.61. The average Bonchev–Trinajstić information content (AvgIpc) is 2.95. The van der Waals surface area contributed by atoms with Gasteiger partial charge in [-0.15, -0.1) is 11.3 Å². The SMILES string of the molecule is c1ccc2cc(-c3csc(NN=C4CCCCCC4)n3)ccc2c1. The van der Waals surface area contributed by atoms with Crippen LogP contribution in [0.2, 0.25) is 0 Å². The molecule has 4 heteroatoms. The van der Waals surface area contributed by atoms with Crippen molar-refractivity contribution in [3.05, 3.63) is 47.8 Å². The highest BCUT2D eigenvalue weighted by Gasteiger charge is 2.08. The van der Waals surface area contributed by atoms with E-state index in [1.54, 1.807) is 11.3 Å². The molecular formula is C20H21N3S. The quantitative estimate of drug-likeness (QED) is 0.465. The molecule has 0 spiro atoms. The lowest BCUT2D eigenvalue weighted by Crippen LogP contribution is -2.00. The van der Waals surface area contributed by atoms with Gasteiger partial charge in [-0.25, -0.2) is 4.98 Å². The van der Waals surface area contributed by atoms with Crippen molar-refractivity contribution in [3.63, 3.8) is 0 Å². The molecule has 1 aromatic heterocycles. The van der Waals surface area contributed by atoms with Crippen LogP contribution in [-0.2, 0) is 0 Å². The van der Waals surface area contributed by atoms with E-state index in [0.717, 1.165) is 29.2 Å². The van der Waals surface area contributed by atoms with Crippen LogP contribution in [0.5, 0.6) is 0 Å². The first-order chi connectivity index (χ1) is 11.9. The Morgan fingerprint density at radius 3 is 2.54 bits per heavy atom. The van der Waals surface area contributed by atoms with E-state index in [4.69, 9.17) is 4.98 Å². The molecule has 4 rings (SSSR count). The van der Waals surface area contributed by atoms with Gasteiger partial charge in [0.2, 0.25) is 5.13 Å². The minimum atomic E-state index is 0.870. The molecule has 1 aliphatic carbocycles. The molecule has 1 aliphatic rings. The fraction of sp³-hybridized carbons (Fsp3) is 0.300. The maximum atomic E-state index is 4.70. The average molecular weight is 335 g/mol. The van der Waals surface area contributed by atoms with E-state index in [0.29, 0.717) is 0 Å². The van der Waals surface area contributed by atoms with E-state index in [-0.39, 0.29) is 0 Å². The molecule has 0 unspecified atom stereocenters. The van der Waals surface area contributed by atoms with Gasteiger partial charge >= 0.3 is 0 Å². The van der Waals surface area contributed by atoms with Crippen LogP contribution in [0.15, 0.2) is 52.9 Å². The molecule has 2 aromatic carbocycles. The monoisotopic (exact) mass is 335 g/mol. The van der Waals surface area contributed by atoms with Gasteiger partial charge in [-0.05, 0) is 42.5 Å². The zero-order chi connectivity index (χ0) is 16.2. The number of hydrazone groups is 1. The minimum Gasteiger partial charge on any atom is -0.253 e. The summed E-state index contributed by atoms with van der Waals surface area (Å²) in [6, 6.07) is 14.9. The lowest BCUT2D eigenvalue weighted by atomic mass is 10.1. The molecule has 1 heterocycles. The Morgan fingerprint density at radius 2 is 1.71 bits per heavy atom. The van der Waals surface area contributed by atoms with Crippen LogP contribution in [0.4, 0.5) is 5.13 Å². The Labute approximate surface area is 146 Å². The maximum Gasteiger partial charge on any atom is 0.203 e. The van der Waals surface area contributed by atoms with Crippen LogP contribution >= 0.6 is 11.3 Å². The number of rotatable bonds is 3. The molecule has 1 N–H and O–H groups in total. The summed E-state index contributed by atoms with van der Waals surface area (Å²) in [6.45, 7) is 0.